The Hall–Kier alpha value is -0.580. The Morgan fingerprint density at radius 2 is 2.15 bits per heavy atom. The molecule has 0 unspecified atom stereocenters. The average molecular weight is 186 g/mol. The van der Waals surface area contributed by atoms with Crippen molar-refractivity contribution in [2.45, 2.75) is 37.9 Å². The summed E-state index contributed by atoms with van der Waals surface area (Å²) in [5.74, 6) is -0.0511. The summed E-state index contributed by atoms with van der Waals surface area (Å²) in [5, 5.41) is 9.00. The number of hydrogen-bond acceptors (Lipinski definition) is 4. The lowest BCUT2D eigenvalue weighted by Gasteiger charge is -2.21. The van der Waals surface area contributed by atoms with Gasteiger partial charge >= 0.3 is 0 Å². The minimum Gasteiger partial charge on any atom is -0.487 e. The lowest BCUT2D eigenvalue weighted by atomic mass is 10.1. The summed E-state index contributed by atoms with van der Waals surface area (Å²) >= 11 is 0. The molecule has 1 N–H and O–H groups in total. The lowest BCUT2D eigenvalue weighted by molar-refractivity contribution is -0.169. The molecule has 0 amide bonds. The van der Waals surface area contributed by atoms with Crippen LogP contribution in [-0.4, -0.2) is 35.8 Å². The van der Waals surface area contributed by atoms with Crippen molar-refractivity contribution < 1.29 is 19.3 Å². The van der Waals surface area contributed by atoms with Crippen LogP contribution in [0.3, 0.4) is 0 Å². The van der Waals surface area contributed by atoms with Gasteiger partial charge in [-0.3, -0.25) is 0 Å². The molecule has 4 nitrogen and oxygen atoms in total. The van der Waals surface area contributed by atoms with Crippen LogP contribution in [0, 0.1) is 0 Å². The van der Waals surface area contributed by atoms with Gasteiger partial charge < -0.3 is 19.3 Å². The van der Waals surface area contributed by atoms with Crippen LogP contribution in [0.15, 0.2) is 12.3 Å². The maximum Gasteiger partial charge on any atom is 0.164 e. The topological polar surface area (TPSA) is 47.9 Å². The normalized spacial score (nSPS) is 41.8. The monoisotopic (exact) mass is 186 g/mol. The van der Waals surface area contributed by atoms with Crippen molar-refractivity contribution in [2.24, 2.45) is 0 Å². The van der Waals surface area contributed by atoms with Crippen LogP contribution >= 0.6 is 0 Å². The largest absolute Gasteiger partial charge is 0.487 e. The minimum atomic E-state index is -0.602. The molecule has 2 heterocycles. The van der Waals surface area contributed by atoms with Gasteiger partial charge in [0.25, 0.3) is 0 Å². The molecule has 0 bridgehead atoms. The van der Waals surface area contributed by atoms with E-state index in [1.807, 2.05) is 13.8 Å². The molecular weight excluding hydrogens is 172 g/mol. The molecule has 13 heavy (non-hydrogen) atoms. The molecule has 3 atom stereocenters. The lowest BCUT2D eigenvalue weighted by Crippen LogP contribution is -2.31. The number of fused-ring (bicyclic) bond motifs is 1. The SMILES string of the molecule is C=C1O[C@@H](CO)[C@H]2OC(C)(C)O[C@@H]12. The molecule has 2 aliphatic heterocycles. The van der Waals surface area contributed by atoms with Crippen LogP contribution in [0.1, 0.15) is 13.8 Å². The van der Waals surface area contributed by atoms with E-state index in [1.54, 1.807) is 0 Å². The van der Waals surface area contributed by atoms with E-state index in [0.717, 1.165) is 0 Å². The van der Waals surface area contributed by atoms with Crippen molar-refractivity contribution in [2.75, 3.05) is 6.61 Å². The first-order valence-electron chi connectivity index (χ1n) is 4.35. The van der Waals surface area contributed by atoms with Gasteiger partial charge in [0.2, 0.25) is 0 Å². The number of rotatable bonds is 1. The van der Waals surface area contributed by atoms with Crippen molar-refractivity contribution in [1.29, 1.82) is 0 Å². The maximum atomic E-state index is 9.00. The summed E-state index contributed by atoms with van der Waals surface area (Å²) in [6.07, 6.45) is -0.779. The third-order valence-electron chi connectivity index (χ3n) is 2.30. The third kappa shape index (κ3) is 1.35. The highest BCUT2D eigenvalue weighted by Gasteiger charge is 2.52. The van der Waals surface area contributed by atoms with Gasteiger partial charge in [-0.25, -0.2) is 0 Å². The Bertz CT molecular complexity index is 236. The first-order chi connectivity index (χ1) is 6.03. The summed E-state index contributed by atoms with van der Waals surface area (Å²) in [5.41, 5.74) is 0. The van der Waals surface area contributed by atoms with Crippen LogP contribution < -0.4 is 0 Å². The zero-order chi connectivity index (χ0) is 9.64. The minimum absolute atomic E-state index is 0.0698. The highest BCUT2D eigenvalue weighted by atomic mass is 16.8. The second kappa shape index (κ2) is 2.70. The Labute approximate surface area is 77.1 Å². The number of ether oxygens (including phenoxy) is 3. The van der Waals surface area contributed by atoms with Crippen molar-refractivity contribution in [3.05, 3.63) is 12.3 Å². The van der Waals surface area contributed by atoms with Crippen molar-refractivity contribution in [3.63, 3.8) is 0 Å². The standard InChI is InChI=1S/C9H14O4/c1-5-7-8(6(4-10)11-5)13-9(2,3)12-7/h6-8,10H,1,4H2,2-3H3/t6-,7-,8+/m0/s1. The van der Waals surface area contributed by atoms with Crippen LogP contribution in [0.5, 0.6) is 0 Å². The molecule has 0 aromatic carbocycles. The molecule has 0 aromatic heterocycles. The first-order valence-corrected chi connectivity index (χ1v) is 4.35. The van der Waals surface area contributed by atoms with Gasteiger partial charge in [0.05, 0.1) is 6.61 Å². The second-order valence-electron chi connectivity index (χ2n) is 3.83. The predicted octanol–water partition coefficient (Wildman–Crippen LogP) is 0.411. The smallest absolute Gasteiger partial charge is 0.164 e. The molecule has 0 radical (unpaired) electrons. The van der Waals surface area contributed by atoms with Gasteiger partial charge in [-0.1, -0.05) is 6.58 Å². The van der Waals surface area contributed by atoms with Gasteiger partial charge in [0, 0.05) is 0 Å². The van der Waals surface area contributed by atoms with Crippen molar-refractivity contribution in [3.8, 4) is 0 Å². The predicted molar refractivity (Wildman–Crippen MR) is 44.9 cm³/mol. The number of aliphatic hydroxyl groups is 1. The molecular formula is C9H14O4. The Morgan fingerprint density at radius 3 is 2.77 bits per heavy atom. The Balaban J connectivity index is 2.17. The van der Waals surface area contributed by atoms with Gasteiger partial charge in [-0.05, 0) is 13.8 Å². The average Bonchev–Trinajstić information content (AvgIpc) is 2.47. The van der Waals surface area contributed by atoms with Crippen LogP contribution in [0.4, 0.5) is 0 Å². The van der Waals surface area contributed by atoms with E-state index in [0.29, 0.717) is 5.76 Å². The summed E-state index contributed by atoms with van der Waals surface area (Å²) in [4.78, 5) is 0. The summed E-state index contributed by atoms with van der Waals surface area (Å²) in [6.45, 7) is 7.33. The van der Waals surface area contributed by atoms with Crippen molar-refractivity contribution >= 4 is 0 Å². The highest BCUT2D eigenvalue weighted by Crippen LogP contribution is 2.39. The fourth-order valence-electron chi connectivity index (χ4n) is 1.78. The molecule has 0 aromatic rings. The zero-order valence-corrected chi connectivity index (χ0v) is 7.82. The van der Waals surface area contributed by atoms with E-state index < -0.39 is 5.79 Å². The van der Waals surface area contributed by atoms with Gasteiger partial charge in [-0.2, -0.15) is 0 Å². The first kappa shape index (κ1) is 8.99. The van der Waals surface area contributed by atoms with E-state index in [4.69, 9.17) is 19.3 Å². The Kier molecular flexibility index (Phi) is 1.87. The number of aliphatic hydroxyl groups excluding tert-OH is 1. The quantitative estimate of drug-likeness (QED) is 0.644. The third-order valence-corrected chi connectivity index (χ3v) is 2.30. The fraction of sp³-hybridized carbons (Fsp3) is 0.778. The van der Waals surface area contributed by atoms with Crippen LogP contribution in [-0.2, 0) is 14.2 Å². The van der Waals surface area contributed by atoms with E-state index in [2.05, 4.69) is 6.58 Å². The summed E-state index contributed by atoms with van der Waals surface area (Å²) < 4.78 is 16.4. The van der Waals surface area contributed by atoms with Crippen LogP contribution in [0.2, 0.25) is 0 Å². The molecule has 2 aliphatic rings. The molecule has 2 fully saturated rings. The van der Waals surface area contributed by atoms with Gasteiger partial charge in [0.1, 0.15) is 18.0 Å². The molecule has 4 heteroatoms. The number of hydrogen-bond donors (Lipinski definition) is 1. The van der Waals surface area contributed by atoms with Gasteiger partial charge in [0.15, 0.2) is 11.9 Å². The van der Waals surface area contributed by atoms with E-state index in [-0.39, 0.29) is 24.9 Å². The Morgan fingerprint density at radius 1 is 1.46 bits per heavy atom. The molecule has 74 valence electrons. The van der Waals surface area contributed by atoms with Crippen molar-refractivity contribution in [1.82, 2.24) is 0 Å². The van der Waals surface area contributed by atoms with E-state index in [9.17, 15) is 0 Å². The molecule has 2 saturated heterocycles. The maximum absolute atomic E-state index is 9.00. The highest BCUT2D eigenvalue weighted by molar-refractivity contribution is 5.10. The molecule has 2 rings (SSSR count). The van der Waals surface area contributed by atoms with Gasteiger partial charge in [-0.15, -0.1) is 0 Å². The molecule has 0 spiro atoms. The second-order valence-corrected chi connectivity index (χ2v) is 3.83. The summed E-state index contributed by atoms with van der Waals surface area (Å²) in [6, 6.07) is 0. The fourth-order valence-corrected chi connectivity index (χ4v) is 1.78. The molecule has 0 aliphatic carbocycles. The van der Waals surface area contributed by atoms with E-state index in [1.165, 1.54) is 0 Å². The summed E-state index contributed by atoms with van der Waals surface area (Å²) in [7, 11) is 0. The van der Waals surface area contributed by atoms with Crippen LogP contribution in [0.25, 0.3) is 0 Å². The zero-order valence-electron chi connectivity index (χ0n) is 7.82. The van der Waals surface area contributed by atoms with E-state index >= 15 is 0 Å². The molecule has 0 saturated carbocycles.